The molecule has 0 unspecified atom stereocenters. The van der Waals surface area contributed by atoms with Gasteiger partial charge in [0.05, 0.1) is 7.11 Å². The summed E-state index contributed by atoms with van der Waals surface area (Å²) in [5.41, 5.74) is 5.18. The highest BCUT2D eigenvalue weighted by molar-refractivity contribution is 5.70. The zero-order valence-electron chi connectivity index (χ0n) is 17.6. The highest BCUT2D eigenvalue weighted by Gasteiger charge is 2.14. The van der Waals surface area contributed by atoms with Crippen LogP contribution >= 0.6 is 0 Å². The fourth-order valence-electron chi connectivity index (χ4n) is 3.52. The largest absolute Gasteiger partial charge is 0.481 e. The van der Waals surface area contributed by atoms with E-state index in [1.807, 2.05) is 12.1 Å². The Morgan fingerprint density at radius 3 is 2.33 bits per heavy atom. The van der Waals surface area contributed by atoms with Crippen molar-refractivity contribution in [2.24, 2.45) is 0 Å². The molecule has 1 aliphatic rings. The Hall–Kier alpha value is -2.03. The summed E-state index contributed by atoms with van der Waals surface area (Å²) < 4.78 is 5.19. The third-order valence-corrected chi connectivity index (χ3v) is 5.16. The molecule has 0 aliphatic carbocycles. The van der Waals surface area contributed by atoms with E-state index in [0.29, 0.717) is 5.88 Å². The average Bonchev–Trinajstić information content (AvgIpc) is 2.72. The molecule has 2 heterocycles. The number of benzene rings is 1. The Balaban J connectivity index is 0.000000279. The van der Waals surface area contributed by atoms with E-state index in [-0.39, 0.29) is 0 Å². The molecule has 0 atom stereocenters. The van der Waals surface area contributed by atoms with Crippen LogP contribution in [0.15, 0.2) is 36.5 Å². The van der Waals surface area contributed by atoms with E-state index < -0.39 is 0 Å². The van der Waals surface area contributed by atoms with Crippen LogP contribution in [0.2, 0.25) is 0 Å². The number of aromatic nitrogens is 1. The van der Waals surface area contributed by atoms with E-state index >= 15 is 0 Å². The number of ether oxygens (including phenoxy) is 1. The van der Waals surface area contributed by atoms with Crippen molar-refractivity contribution >= 4 is 5.69 Å². The lowest BCUT2D eigenvalue weighted by Crippen LogP contribution is -2.24. The van der Waals surface area contributed by atoms with Gasteiger partial charge in [-0.05, 0) is 47.7 Å². The van der Waals surface area contributed by atoms with Crippen LogP contribution in [0.1, 0.15) is 64.4 Å². The molecule has 0 spiro atoms. The highest BCUT2D eigenvalue weighted by atomic mass is 16.5. The maximum atomic E-state index is 5.19. The van der Waals surface area contributed by atoms with Gasteiger partial charge >= 0.3 is 0 Å². The summed E-state index contributed by atoms with van der Waals surface area (Å²) in [6.07, 6.45) is 12.7. The molecule has 0 N–H and O–H groups in total. The summed E-state index contributed by atoms with van der Waals surface area (Å²) in [4.78, 5) is 6.48. The molecule has 3 heteroatoms. The monoisotopic (exact) mass is 368 g/mol. The SMILES string of the molecule is CCCCCCCC.COc1cc(-c2ccc3c(c2)CCCN3C)ccn1. The number of hydrogen-bond acceptors (Lipinski definition) is 3. The van der Waals surface area contributed by atoms with Gasteiger partial charge in [-0.25, -0.2) is 4.98 Å². The van der Waals surface area contributed by atoms with E-state index in [1.165, 1.54) is 61.8 Å². The third-order valence-electron chi connectivity index (χ3n) is 5.16. The van der Waals surface area contributed by atoms with E-state index in [2.05, 4.69) is 49.0 Å². The lowest BCUT2D eigenvalue weighted by molar-refractivity contribution is 0.398. The van der Waals surface area contributed by atoms with E-state index in [4.69, 9.17) is 4.74 Å². The van der Waals surface area contributed by atoms with Crippen LogP contribution in [0.3, 0.4) is 0 Å². The molecular weight excluding hydrogens is 332 g/mol. The van der Waals surface area contributed by atoms with Crippen LogP contribution in [0.5, 0.6) is 5.88 Å². The number of rotatable bonds is 7. The zero-order chi connectivity index (χ0) is 19.5. The molecule has 0 saturated heterocycles. The smallest absolute Gasteiger partial charge is 0.213 e. The minimum atomic E-state index is 0.660. The number of pyridine rings is 1. The van der Waals surface area contributed by atoms with Gasteiger partial charge in [-0.2, -0.15) is 0 Å². The lowest BCUT2D eigenvalue weighted by Gasteiger charge is -2.27. The molecule has 0 bridgehead atoms. The van der Waals surface area contributed by atoms with Crippen LogP contribution < -0.4 is 9.64 Å². The normalized spacial score (nSPS) is 12.8. The zero-order valence-corrected chi connectivity index (χ0v) is 17.6. The van der Waals surface area contributed by atoms with E-state index in [9.17, 15) is 0 Å². The minimum absolute atomic E-state index is 0.660. The van der Waals surface area contributed by atoms with Gasteiger partial charge in [0.1, 0.15) is 0 Å². The summed E-state index contributed by atoms with van der Waals surface area (Å²) >= 11 is 0. The van der Waals surface area contributed by atoms with Gasteiger partial charge in [-0.15, -0.1) is 0 Å². The molecule has 1 aliphatic heterocycles. The number of aryl methyl sites for hydroxylation is 1. The van der Waals surface area contributed by atoms with Crippen molar-refractivity contribution in [1.82, 2.24) is 4.98 Å². The Bertz CT molecular complexity index is 678. The number of fused-ring (bicyclic) bond motifs is 1. The molecule has 2 aromatic rings. The Morgan fingerprint density at radius 1 is 0.963 bits per heavy atom. The molecule has 0 saturated carbocycles. The molecule has 148 valence electrons. The van der Waals surface area contributed by atoms with Crippen molar-refractivity contribution < 1.29 is 4.74 Å². The second-order valence-electron chi connectivity index (χ2n) is 7.37. The summed E-state index contributed by atoms with van der Waals surface area (Å²) in [5.74, 6) is 0.660. The first kappa shape index (κ1) is 21.3. The topological polar surface area (TPSA) is 25.4 Å². The van der Waals surface area contributed by atoms with Crippen molar-refractivity contribution in [3.63, 3.8) is 0 Å². The minimum Gasteiger partial charge on any atom is -0.481 e. The first-order chi connectivity index (χ1) is 13.2. The molecule has 27 heavy (non-hydrogen) atoms. The molecule has 3 rings (SSSR count). The number of hydrogen-bond donors (Lipinski definition) is 0. The Morgan fingerprint density at radius 2 is 1.67 bits per heavy atom. The first-order valence-electron chi connectivity index (χ1n) is 10.5. The summed E-state index contributed by atoms with van der Waals surface area (Å²) in [5, 5.41) is 0. The van der Waals surface area contributed by atoms with Crippen LogP contribution in [0.4, 0.5) is 5.69 Å². The Kier molecular flexibility index (Phi) is 9.17. The van der Waals surface area contributed by atoms with Crippen LogP contribution in [0, 0.1) is 0 Å². The predicted octanol–water partition coefficient (Wildman–Crippen LogP) is 6.51. The van der Waals surface area contributed by atoms with Crippen LogP contribution in [-0.4, -0.2) is 25.7 Å². The molecule has 1 aromatic carbocycles. The van der Waals surface area contributed by atoms with Gasteiger partial charge in [0.15, 0.2) is 0 Å². The van der Waals surface area contributed by atoms with Gasteiger partial charge in [-0.1, -0.05) is 58.4 Å². The third kappa shape index (κ3) is 6.57. The number of unbranched alkanes of at least 4 members (excludes halogenated alkanes) is 5. The van der Waals surface area contributed by atoms with Crippen molar-refractivity contribution in [3.05, 3.63) is 42.1 Å². The summed E-state index contributed by atoms with van der Waals surface area (Å²) in [6, 6.07) is 10.7. The fraction of sp³-hybridized carbons (Fsp3) is 0.542. The standard InChI is InChI=1S/C16H18N2O.C8H18/c1-18-9-3-4-14-10-12(5-6-15(14)18)13-7-8-17-16(11-13)19-2;1-3-5-7-8-6-4-2/h5-8,10-11H,3-4,9H2,1-2H3;3-8H2,1-2H3. The fourth-order valence-corrected chi connectivity index (χ4v) is 3.52. The highest BCUT2D eigenvalue weighted by Crippen LogP contribution is 2.31. The molecule has 1 aromatic heterocycles. The Labute approximate surface area is 165 Å². The van der Waals surface area contributed by atoms with E-state index in [1.54, 1.807) is 13.3 Å². The molecule has 3 nitrogen and oxygen atoms in total. The maximum absolute atomic E-state index is 5.19. The van der Waals surface area contributed by atoms with E-state index in [0.717, 1.165) is 18.5 Å². The predicted molar refractivity (Wildman–Crippen MR) is 117 cm³/mol. The quantitative estimate of drug-likeness (QED) is 0.521. The van der Waals surface area contributed by atoms with Gasteiger partial charge in [0.25, 0.3) is 0 Å². The summed E-state index contributed by atoms with van der Waals surface area (Å²) in [6.45, 7) is 5.66. The van der Waals surface area contributed by atoms with Crippen molar-refractivity contribution in [1.29, 1.82) is 0 Å². The molecule has 0 radical (unpaired) electrons. The number of methoxy groups -OCH3 is 1. The second kappa shape index (κ2) is 11.6. The molecule has 0 fully saturated rings. The van der Waals surface area contributed by atoms with Gasteiger partial charge in [0, 0.05) is 31.5 Å². The van der Waals surface area contributed by atoms with Crippen LogP contribution in [0.25, 0.3) is 11.1 Å². The van der Waals surface area contributed by atoms with Gasteiger partial charge in [-0.3, -0.25) is 0 Å². The van der Waals surface area contributed by atoms with Crippen molar-refractivity contribution in [2.45, 2.75) is 65.2 Å². The molecular formula is C24H36N2O. The van der Waals surface area contributed by atoms with Gasteiger partial charge in [0.2, 0.25) is 5.88 Å². The number of anilines is 1. The van der Waals surface area contributed by atoms with Crippen LogP contribution in [-0.2, 0) is 6.42 Å². The van der Waals surface area contributed by atoms with Gasteiger partial charge < -0.3 is 9.64 Å². The summed E-state index contributed by atoms with van der Waals surface area (Å²) in [7, 11) is 3.81. The first-order valence-corrected chi connectivity index (χ1v) is 10.5. The van der Waals surface area contributed by atoms with Crippen molar-refractivity contribution in [3.8, 4) is 17.0 Å². The van der Waals surface area contributed by atoms with Crippen molar-refractivity contribution in [2.75, 3.05) is 25.6 Å². The second-order valence-corrected chi connectivity index (χ2v) is 7.37. The lowest BCUT2D eigenvalue weighted by atomic mass is 9.97. The maximum Gasteiger partial charge on any atom is 0.213 e. The number of nitrogens with zero attached hydrogens (tertiary/aromatic N) is 2. The molecule has 0 amide bonds. The average molecular weight is 369 g/mol.